The van der Waals surface area contributed by atoms with Gasteiger partial charge in [-0.3, -0.25) is 19.6 Å². The van der Waals surface area contributed by atoms with Crippen molar-refractivity contribution >= 4 is 17.6 Å². The molecule has 28 heavy (non-hydrogen) atoms. The molecule has 0 unspecified atom stereocenters. The van der Waals surface area contributed by atoms with E-state index in [1.54, 1.807) is 4.90 Å². The molecule has 0 saturated carbocycles. The van der Waals surface area contributed by atoms with Crippen LogP contribution in [0.5, 0.6) is 0 Å². The minimum atomic E-state index is -0.0815. The number of carbonyl (C=O) groups is 2. The van der Waals surface area contributed by atoms with Crippen LogP contribution < -0.4 is 10.2 Å². The Morgan fingerprint density at radius 1 is 0.964 bits per heavy atom. The van der Waals surface area contributed by atoms with E-state index in [1.807, 2.05) is 41.6 Å². The predicted octanol–water partition coefficient (Wildman–Crippen LogP) is 1.61. The lowest BCUT2D eigenvalue weighted by molar-refractivity contribution is 0.0638. The van der Waals surface area contributed by atoms with Gasteiger partial charge in [0.2, 0.25) is 0 Å². The largest absolute Gasteiger partial charge is 0.336 e. The molecule has 7 nitrogen and oxygen atoms in total. The molecule has 2 fully saturated rings. The summed E-state index contributed by atoms with van der Waals surface area (Å²) in [6.45, 7) is 5.58. The number of carbonyl (C=O) groups excluding carboxylic acids is 2. The second-order valence-corrected chi connectivity index (χ2v) is 7.17. The van der Waals surface area contributed by atoms with Crippen molar-refractivity contribution in [1.29, 1.82) is 0 Å². The Morgan fingerprint density at radius 3 is 2.32 bits per heavy atom. The minimum Gasteiger partial charge on any atom is -0.336 e. The van der Waals surface area contributed by atoms with Gasteiger partial charge in [-0.1, -0.05) is 0 Å². The molecule has 146 valence electrons. The Bertz CT molecular complexity index is 816. The molecule has 2 aliphatic rings. The summed E-state index contributed by atoms with van der Waals surface area (Å²) in [4.78, 5) is 34.6. The first-order chi connectivity index (χ1) is 13.7. The molecule has 2 aliphatic heterocycles. The third-order valence-electron chi connectivity index (χ3n) is 5.41. The van der Waals surface area contributed by atoms with Crippen molar-refractivity contribution in [3.05, 3.63) is 59.9 Å². The monoisotopic (exact) mass is 379 g/mol. The number of aromatic nitrogens is 1. The van der Waals surface area contributed by atoms with Crippen molar-refractivity contribution < 1.29 is 9.59 Å². The zero-order valence-electron chi connectivity index (χ0n) is 15.9. The number of benzene rings is 1. The summed E-state index contributed by atoms with van der Waals surface area (Å²) >= 11 is 0. The molecule has 3 heterocycles. The maximum absolute atomic E-state index is 12.8. The highest BCUT2D eigenvalue weighted by Crippen LogP contribution is 2.18. The van der Waals surface area contributed by atoms with E-state index in [1.165, 1.54) is 5.56 Å². The van der Waals surface area contributed by atoms with Crippen LogP contribution in [0.4, 0.5) is 10.5 Å². The Hall–Kier alpha value is -2.93. The average Bonchev–Trinajstić information content (AvgIpc) is 3.19. The summed E-state index contributed by atoms with van der Waals surface area (Å²) in [5.74, 6) is 0.0613. The lowest BCUT2D eigenvalue weighted by Crippen LogP contribution is -2.49. The van der Waals surface area contributed by atoms with Crippen LogP contribution in [0.15, 0.2) is 48.8 Å². The Balaban J connectivity index is 1.28. The maximum atomic E-state index is 12.8. The van der Waals surface area contributed by atoms with Crippen molar-refractivity contribution in [1.82, 2.24) is 20.1 Å². The smallest absolute Gasteiger partial charge is 0.321 e. The first-order valence-corrected chi connectivity index (χ1v) is 9.77. The van der Waals surface area contributed by atoms with Crippen LogP contribution in [0, 0.1) is 0 Å². The third-order valence-corrected chi connectivity index (χ3v) is 5.41. The second kappa shape index (κ2) is 8.39. The van der Waals surface area contributed by atoms with Crippen molar-refractivity contribution in [3.8, 4) is 0 Å². The van der Waals surface area contributed by atoms with Gasteiger partial charge in [-0.2, -0.15) is 0 Å². The lowest BCUT2D eigenvalue weighted by atomic mass is 10.1. The molecule has 0 radical (unpaired) electrons. The number of anilines is 1. The van der Waals surface area contributed by atoms with E-state index in [0.717, 1.165) is 44.8 Å². The summed E-state index contributed by atoms with van der Waals surface area (Å²) in [5, 5.41) is 2.79. The van der Waals surface area contributed by atoms with Crippen molar-refractivity contribution in [3.63, 3.8) is 0 Å². The van der Waals surface area contributed by atoms with Gasteiger partial charge in [-0.25, -0.2) is 4.79 Å². The standard InChI is InChI=1S/C21H25N5O2/c27-20(18-1-3-19(4-2-18)26-12-10-23-21(26)28)25-15-13-24(14-16-25)11-7-17-5-8-22-9-6-17/h1-6,8-9H,7,10-16H2,(H,23,28). The molecule has 0 atom stereocenters. The van der Waals surface area contributed by atoms with E-state index in [4.69, 9.17) is 0 Å². The number of hydrogen-bond donors (Lipinski definition) is 1. The van der Waals surface area contributed by atoms with Gasteiger partial charge >= 0.3 is 6.03 Å². The summed E-state index contributed by atoms with van der Waals surface area (Å²) in [5.41, 5.74) is 2.79. The van der Waals surface area contributed by atoms with Crippen molar-refractivity contribution in [2.45, 2.75) is 6.42 Å². The van der Waals surface area contributed by atoms with E-state index in [2.05, 4.69) is 27.3 Å². The molecule has 4 rings (SSSR count). The fraction of sp³-hybridized carbons (Fsp3) is 0.381. The molecule has 0 bridgehead atoms. The van der Waals surface area contributed by atoms with Gasteiger partial charge in [0.25, 0.3) is 5.91 Å². The van der Waals surface area contributed by atoms with Crippen LogP contribution in [-0.4, -0.2) is 72.5 Å². The van der Waals surface area contributed by atoms with Crippen LogP contribution >= 0.6 is 0 Å². The van der Waals surface area contributed by atoms with E-state index >= 15 is 0 Å². The number of nitrogens with one attached hydrogen (secondary N) is 1. The van der Waals surface area contributed by atoms with Crippen LogP contribution in [-0.2, 0) is 6.42 Å². The predicted molar refractivity (Wildman–Crippen MR) is 107 cm³/mol. The molecule has 0 spiro atoms. The molecular weight excluding hydrogens is 354 g/mol. The summed E-state index contributed by atoms with van der Waals surface area (Å²) in [7, 11) is 0. The molecule has 0 aliphatic carbocycles. The number of nitrogens with zero attached hydrogens (tertiary/aromatic N) is 4. The number of amides is 3. The highest BCUT2D eigenvalue weighted by Gasteiger charge is 2.24. The van der Waals surface area contributed by atoms with Crippen molar-refractivity contribution in [2.75, 3.05) is 50.7 Å². The van der Waals surface area contributed by atoms with Gasteiger partial charge in [-0.05, 0) is 48.4 Å². The molecule has 2 saturated heterocycles. The topological polar surface area (TPSA) is 68.8 Å². The summed E-state index contributed by atoms with van der Waals surface area (Å²) in [6, 6.07) is 11.4. The molecule has 3 amide bonds. The normalized spacial score (nSPS) is 17.6. The lowest BCUT2D eigenvalue weighted by Gasteiger charge is -2.34. The summed E-state index contributed by atoms with van der Waals surface area (Å²) < 4.78 is 0. The molecular formula is C21H25N5O2. The Kier molecular flexibility index (Phi) is 5.53. The zero-order chi connectivity index (χ0) is 19.3. The fourth-order valence-corrected chi connectivity index (χ4v) is 3.70. The number of rotatable bonds is 5. The third kappa shape index (κ3) is 4.14. The number of piperazine rings is 1. The first-order valence-electron chi connectivity index (χ1n) is 9.77. The van der Waals surface area contributed by atoms with Gasteiger partial charge in [0.05, 0.1) is 0 Å². The highest BCUT2D eigenvalue weighted by molar-refractivity contribution is 5.97. The quantitative estimate of drug-likeness (QED) is 0.857. The Labute approximate surface area is 164 Å². The fourth-order valence-electron chi connectivity index (χ4n) is 3.70. The SMILES string of the molecule is O=C(c1ccc(N2CCNC2=O)cc1)N1CCN(CCc2ccncc2)CC1. The number of pyridine rings is 1. The van der Waals surface area contributed by atoms with Gasteiger partial charge < -0.3 is 10.2 Å². The number of hydrogen-bond acceptors (Lipinski definition) is 4. The van der Waals surface area contributed by atoms with Gasteiger partial charge in [0.15, 0.2) is 0 Å². The van der Waals surface area contributed by atoms with Crippen LogP contribution in [0.3, 0.4) is 0 Å². The average molecular weight is 379 g/mol. The second-order valence-electron chi connectivity index (χ2n) is 7.17. The highest BCUT2D eigenvalue weighted by atomic mass is 16.2. The molecule has 2 aromatic rings. The van der Waals surface area contributed by atoms with Gasteiger partial charge in [0.1, 0.15) is 0 Å². The minimum absolute atomic E-state index is 0.0613. The van der Waals surface area contributed by atoms with Crippen molar-refractivity contribution in [2.24, 2.45) is 0 Å². The number of urea groups is 1. The molecule has 1 N–H and O–H groups in total. The van der Waals surface area contributed by atoms with E-state index in [9.17, 15) is 9.59 Å². The van der Waals surface area contributed by atoms with Crippen LogP contribution in [0.25, 0.3) is 0 Å². The van der Waals surface area contributed by atoms with Crippen LogP contribution in [0.2, 0.25) is 0 Å². The molecule has 1 aromatic carbocycles. The Morgan fingerprint density at radius 2 is 1.68 bits per heavy atom. The first kappa shape index (κ1) is 18.4. The van der Waals surface area contributed by atoms with E-state index in [0.29, 0.717) is 18.7 Å². The van der Waals surface area contributed by atoms with Gasteiger partial charge in [-0.15, -0.1) is 0 Å². The van der Waals surface area contributed by atoms with Gasteiger partial charge in [0, 0.05) is 69.5 Å². The van der Waals surface area contributed by atoms with E-state index < -0.39 is 0 Å². The molecule has 7 heteroatoms. The zero-order valence-corrected chi connectivity index (χ0v) is 15.9. The van der Waals surface area contributed by atoms with Crippen LogP contribution in [0.1, 0.15) is 15.9 Å². The maximum Gasteiger partial charge on any atom is 0.321 e. The summed E-state index contributed by atoms with van der Waals surface area (Å²) in [6.07, 6.45) is 4.66. The van der Waals surface area contributed by atoms with E-state index in [-0.39, 0.29) is 11.9 Å². The molecule has 1 aromatic heterocycles.